The zero-order valence-corrected chi connectivity index (χ0v) is 17.9. The van der Waals surface area contributed by atoms with Gasteiger partial charge in [-0.2, -0.15) is 0 Å². The molecular formula is C22H34N4O3. The predicted octanol–water partition coefficient (Wildman–Crippen LogP) is 2.64. The summed E-state index contributed by atoms with van der Waals surface area (Å²) in [6.45, 7) is 9.48. The number of carboxylic acid groups (broad SMARTS) is 1. The van der Waals surface area contributed by atoms with Crippen LogP contribution >= 0.6 is 0 Å². The minimum atomic E-state index is -0.765. The van der Waals surface area contributed by atoms with Crippen molar-refractivity contribution in [2.45, 2.75) is 39.2 Å². The van der Waals surface area contributed by atoms with Gasteiger partial charge in [0.05, 0.1) is 0 Å². The number of aliphatic carboxylic acids is 1. The number of amides is 2. The van der Waals surface area contributed by atoms with Crippen LogP contribution in [0.5, 0.6) is 0 Å². The van der Waals surface area contributed by atoms with E-state index in [1.165, 1.54) is 0 Å². The molecule has 2 heterocycles. The highest BCUT2D eigenvalue weighted by atomic mass is 16.4. The molecule has 7 nitrogen and oxygen atoms in total. The van der Waals surface area contributed by atoms with Crippen LogP contribution in [0.15, 0.2) is 18.2 Å². The van der Waals surface area contributed by atoms with Gasteiger partial charge in [0, 0.05) is 57.4 Å². The first kappa shape index (κ1) is 21.6. The molecular weight excluding hydrogens is 368 g/mol. The number of piperazine rings is 1. The lowest BCUT2D eigenvalue weighted by Gasteiger charge is -2.46. The average Bonchev–Trinajstić information content (AvgIpc) is 2.70. The molecule has 0 saturated carbocycles. The number of hydrogen-bond acceptors (Lipinski definition) is 4. The second kappa shape index (κ2) is 9.59. The Hall–Kier alpha value is -2.12. The first-order chi connectivity index (χ1) is 13.8. The van der Waals surface area contributed by atoms with E-state index in [2.05, 4.69) is 22.2 Å². The average molecular weight is 403 g/mol. The van der Waals surface area contributed by atoms with E-state index in [-0.39, 0.29) is 18.4 Å². The summed E-state index contributed by atoms with van der Waals surface area (Å²) in [6.07, 6.45) is 1.66. The normalized spacial score (nSPS) is 23.8. The van der Waals surface area contributed by atoms with Gasteiger partial charge in [-0.3, -0.25) is 9.69 Å². The lowest BCUT2D eigenvalue weighted by Crippen LogP contribution is -2.57. The van der Waals surface area contributed by atoms with Crippen molar-refractivity contribution in [2.75, 3.05) is 51.6 Å². The third-order valence-corrected chi connectivity index (χ3v) is 6.56. The number of likely N-dealkylation sites (tertiary alicyclic amines) is 1. The van der Waals surface area contributed by atoms with Crippen LogP contribution in [-0.4, -0.2) is 84.2 Å². The quantitative estimate of drug-likeness (QED) is 0.792. The van der Waals surface area contributed by atoms with Crippen molar-refractivity contribution in [3.63, 3.8) is 0 Å². The van der Waals surface area contributed by atoms with Crippen LogP contribution in [0.25, 0.3) is 0 Å². The van der Waals surface area contributed by atoms with Crippen LogP contribution in [-0.2, 0) is 4.79 Å². The van der Waals surface area contributed by atoms with Gasteiger partial charge in [-0.25, -0.2) is 4.79 Å². The summed E-state index contributed by atoms with van der Waals surface area (Å²) < 4.78 is 0. The van der Waals surface area contributed by atoms with E-state index in [0.717, 1.165) is 49.4 Å². The molecule has 3 rings (SSSR count). The maximum Gasteiger partial charge on any atom is 0.321 e. The molecule has 0 unspecified atom stereocenters. The van der Waals surface area contributed by atoms with E-state index in [4.69, 9.17) is 0 Å². The van der Waals surface area contributed by atoms with Crippen LogP contribution in [0.3, 0.4) is 0 Å². The van der Waals surface area contributed by atoms with Gasteiger partial charge in [0.25, 0.3) is 0 Å². The Labute approximate surface area is 173 Å². The molecule has 7 heteroatoms. The molecule has 2 saturated heterocycles. The van der Waals surface area contributed by atoms with Crippen LogP contribution in [0, 0.1) is 19.8 Å². The molecule has 2 aliphatic heterocycles. The number of likely N-dealkylation sites (N-methyl/N-ethyl adjacent to an activating group) is 1. The molecule has 1 aromatic rings. The van der Waals surface area contributed by atoms with Gasteiger partial charge in [-0.15, -0.1) is 0 Å². The summed E-state index contributed by atoms with van der Waals surface area (Å²) in [6, 6.07) is 6.18. The fourth-order valence-electron chi connectivity index (χ4n) is 4.51. The fraction of sp³-hybridized carbons (Fsp3) is 0.636. The summed E-state index contributed by atoms with van der Waals surface area (Å²) in [5.41, 5.74) is 3.07. The molecule has 2 N–H and O–H groups in total. The van der Waals surface area contributed by atoms with Crippen LogP contribution in [0.4, 0.5) is 10.5 Å². The number of anilines is 1. The number of hydrogen-bond donors (Lipinski definition) is 2. The second-order valence-electron chi connectivity index (χ2n) is 8.51. The summed E-state index contributed by atoms with van der Waals surface area (Å²) in [7, 11) is 2.14. The molecule has 0 radical (unpaired) electrons. The highest BCUT2D eigenvalue weighted by molar-refractivity contribution is 5.90. The molecule has 0 bridgehead atoms. The van der Waals surface area contributed by atoms with Gasteiger partial charge < -0.3 is 20.2 Å². The third kappa shape index (κ3) is 5.48. The number of carbonyl (C=O) groups excluding carboxylic acids is 1. The molecule has 2 amide bonds. The Bertz CT molecular complexity index is 731. The van der Waals surface area contributed by atoms with E-state index in [1.807, 2.05) is 36.9 Å². The van der Waals surface area contributed by atoms with Gasteiger partial charge in [0.2, 0.25) is 0 Å². The van der Waals surface area contributed by atoms with Crippen LogP contribution in [0.2, 0.25) is 0 Å². The lowest BCUT2D eigenvalue weighted by atomic mass is 9.86. The van der Waals surface area contributed by atoms with Crippen molar-refractivity contribution < 1.29 is 14.7 Å². The summed E-state index contributed by atoms with van der Waals surface area (Å²) >= 11 is 0. The smallest absolute Gasteiger partial charge is 0.321 e. The highest BCUT2D eigenvalue weighted by Crippen LogP contribution is 2.28. The van der Waals surface area contributed by atoms with Gasteiger partial charge in [0.1, 0.15) is 0 Å². The minimum Gasteiger partial charge on any atom is -0.481 e. The highest BCUT2D eigenvalue weighted by Gasteiger charge is 2.36. The number of carbonyl (C=O) groups is 2. The Kier molecular flexibility index (Phi) is 7.14. The molecule has 1 aromatic carbocycles. The number of nitrogens with one attached hydrogen (secondary N) is 1. The van der Waals surface area contributed by atoms with Crippen molar-refractivity contribution in [3.8, 4) is 0 Å². The van der Waals surface area contributed by atoms with E-state index in [0.29, 0.717) is 25.6 Å². The number of piperidine rings is 1. The van der Waals surface area contributed by atoms with E-state index < -0.39 is 5.97 Å². The van der Waals surface area contributed by atoms with Crippen molar-refractivity contribution >= 4 is 17.7 Å². The maximum atomic E-state index is 12.9. The zero-order chi connectivity index (χ0) is 21.0. The molecule has 2 atom stereocenters. The number of nitrogens with zero attached hydrogens (tertiary/aromatic N) is 3. The van der Waals surface area contributed by atoms with Crippen molar-refractivity contribution in [1.82, 2.24) is 14.7 Å². The van der Waals surface area contributed by atoms with Crippen molar-refractivity contribution in [3.05, 3.63) is 29.3 Å². The maximum absolute atomic E-state index is 12.9. The van der Waals surface area contributed by atoms with E-state index >= 15 is 0 Å². The minimum absolute atomic E-state index is 0.0872. The standard InChI is InChI=1S/C22H34N4O3/c1-16-5-4-6-19(17(16)2)23-22(29)26-10-9-20(18(15-26)7-8-21(27)28)25-13-11-24(3)12-14-25/h4-6,18,20H,7-15H2,1-3H3,(H,23,29)(H,27,28)/t18-,20+/m0/s1. The first-order valence-corrected chi connectivity index (χ1v) is 10.6. The molecule has 160 valence electrons. The molecule has 0 spiro atoms. The number of rotatable bonds is 5. The topological polar surface area (TPSA) is 76.1 Å². The largest absolute Gasteiger partial charge is 0.481 e. The summed E-state index contributed by atoms with van der Waals surface area (Å²) in [5.74, 6) is -0.577. The van der Waals surface area contributed by atoms with Gasteiger partial charge in [-0.1, -0.05) is 12.1 Å². The zero-order valence-electron chi connectivity index (χ0n) is 17.9. The Morgan fingerprint density at radius 1 is 1.14 bits per heavy atom. The number of benzene rings is 1. The van der Waals surface area contributed by atoms with Crippen LogP contribution in [0.1, 0.15) is 30.4 Å². The van der Waals surface area contributed by atoms with Gasteiger partial charge in [-0.05, 0) is 56.8 Å². The number of carboxylic acids is 1. The molecule has 29 heavy (non-hydrogen) atoms. The Morgan fingerprint density at radius 2 is 1.86 bits per heavy atom. The molecule has 0 aromatic heterocycles. The number of aryl methyl sites for hydroxylation is 1. The van der Waals surface area contributed by atoms with Gasteiger partial charge in [0.15, 0.2) is 0 Å². The SMILES string of the molecule is Cc1cccc(NC(=O)N2CC[C@@H](N3CCN(C)CC3)[C@@H](CCC(=O)O)C2)c1C. The predicted molar refractivity (Wildman–Crippen MR) is 114 cm³/mol. The Morgan fingerprint density at radius 3 is 2.55 bits per heavy atom. The summed E-state index contributed by atoms with van der Waals surface area (Å²) in [4.78, 5) is 30.8. The molecule has 2 fully saturated rings. The van der Waals surface area contributed by atoms with Crippen LogP contribution < -0.4 is 5.32 Å². The van der Waals surface area contributed by atoms with E-state index in [9.17, 15) is 14.7 Å². The van der Waals surface area contributed by atoms with Crippen molar-refractivity contribution in [2.24, 2.45) is 5.92 Å². The monoisotopic (exact) mass is 402 g/mol. The Balaban J connectivity index is 1.66. The van der Waals surface area contributed by atoms with E-state index in [1.54, 1.807) is 0 Å². The van der Waals surface area contributed by atoms with Crippen molar-refractivity contribution in [1.29, 1.82) is 0 Å². The fourth-order valence-corrected chi connectivity index (χ4v) is 4.51. The third-order valence-electron chi connectivity index (χ3n) is 6.56. The second-order valence-corrected chi connectivity index (χ2v) is 8.51. The van der Waals surface area contributed by atoms with Gasteiger partial charge >= 0.3 is 12.0 Å². The lowest BCUT2D eigenvalue weighted by molar-refractivity contribution is -0.137. The summed E-state index contributed by atoms with van der Waals surface area (Å²) in [5, 5.41) is 12.2. The first-order valence-electron chi connectivity index (χ1n) is 10.6. The number of urea groups is 1. The molecule has 2 aliphatic rings. The molecule has 0 aliphatic carbocycles.